The van der Waals surface area contributed by atoms with Crippen molar-refractivity contribution in [3.05, 3.63) is 71.6 Å². The van der Waals surface area contributed by atoms with Gasteiger partial charge in [0.2, 0.25) is 0 Å². The van der Waals surface area contributed by atoms with Crippen molar-refractivity contribution < 1.29 is 0 Å². The van der Waals surface area contributed by atoms with Gasteiger partial charge in [0, 0.05) is 51.4 Å². The van der Waals surface area contributed by atoms with Crippen LogP contribution in [0.15, 0.2) is 61.2 Å². The zero-order valence-electron chi connectivity index (χ0n) is 18.9. The molecule has 0 radical (unpaired) electrons. The Morgan fingerprint density at radius 1 is 0.941 bits per heavy atom. The topological polar surface area (TPSA) is 95.2 Å². The van der Waals surface area contributed by atoms with Gasteiger partial charge in [0.1, 0.15) is 11.2 Å². The third kappa shape index (κ3) is 3.67. The number of nitrogens with zero attached hydrogens (tertiary/aromatic N) is 4. The normalized spacial score (nSPS) is 11.6. The first-order valence-electron chi connectivity index (χ1n) is 11.2. The molecule has 8 heteroatoms. The predicted octanol–water partition coefficient (Wildman–Crippen LogP) is 5.71. The summed E-state index contributed by atoms with van der Waals surface area (Å²) in [6, 6.07) is 12.7. The Balaban J connectivity index is 1.44. The lowest BCUT2D eigenvalue weighted by Crippen LogP contribution is -2.11. The average Bonchev–Trinajstić information content (AvgIpc) is 3.59. The zero-order chi connectivity index (χ0) is 23.1. The molecule has 0 aliphatic heterocycles. The smallest absolute Gasteiger partial charge is 0.159 e. The van der Waals surface area contributed by atoms with Gasteiger partial charge >= 0.3 is 0 Å². The highest BCUT2D eigenvalue weighted by atomic mass is 32.1. The van der Waals surface area contributed by atoms with Crippen LogP contribution in [0.3, 0.4) is 0 Å². The fourth-order valence-electron chi connectivity index (χ4n) is 4.19. The highest BCUT2D eigenvalue weighted by molar-refractivity contribution is 7.15. The van der Waals surface area contributed by atoms with E-state index in [1.165, 1.54) is 4.88 Å². The van der Waals surface area contributed by atoms with Gasteiger partial charge in [-0.15, -0.1) is 11.3 Å². The molecule has 3 N–H and O–H groups in total. The molecular formula is C26H23N7S. The van der Waals surface area contributed by atoms with E-state index in [0.717, 1.165) is 73.7 Å². The minimum atomic E-state index is 0.722. The third-order valence-corrected chi connectivity index (χ3v) is 6.93. The molecule has 168 valence electrons. The molecule has 0 aliphatic carbocycles. The molecule has 6 aromatic rings. The maximum absolute atomic E-state index is 4.95. The van der Waals surface area contributed by atoms with E-state index in [4.69, 9.17) is 4.98 Å². The first-order chi connectivity index (χ1) is 16.7. The van der Waals surface area contributed by atoms with Crippen LogP contribution in [0.1, 0.15) is 17.4 Å². The van der Waals surface area contributed by atoms with Gasteiger partial charge in [-0.25, -0.2) is 4.98 Å². The number of nitrogens with one attached hydrogen (secondary N) is 3. The molecule has 0 amide bonds. The van der Waals surface area contributed by atoms with Gasteiger partial charge in [-0.05, 0) is 54.9 Å². The Morgan fingerprint density at radius 3 is 2.71 bits per heavy atom. The molecule has 7 nitrogen and oxygen atoms in total. The molecule has 34 heavy (non-hydrogen) atoms. The van der Waals surface area contributed by atoms with Gasteiger partial charge in [-0.1, -0.05) is 13.0 Å². The highest BCUT2D eigenvalue weighted by Gasteiger charge is 2.16. The summed E-state index contributed by atoms with van der Waals surface area (Å²) in [4.78, 5) is 19.7. The number of imidazole rings is 1. The number of hydrogen-bond acceptors (Lipinski definition) is 6. The molecule has 0 saturated carbocycles. The number of thiophene rings is 1. The first kappa shape index (κ1) is 20.7. The number of rotatable bonds is 6. The molecule has 0 unspecified atom stereocenters. The minimum Gasteiger partial charge on any atom is -0.335 e. The van der Waals surface area contributed by atoms with Crippen molar-refractivity contribution in [1.82, 2.24) is 35.5 Å². The highest BCUT2D eigenvalue weighted by Crippen LogP contribution is 2.35. The molecule has 0 bridgehead atoms. The van der Waals surface area contributed by atoms with Crippen LogP contribution in [0.4, 0.5) is 0 Å². The Labute approximate surface area is 200 Å². The van der Waals surface area contributed by atoms with Crippen LogP contribution < -0.4 is 5.32 Å². The van der Waals surface area contributed by atoms with Crippen molar-refractivity contribution in [3.63, 3.8) is 0 Å². The monoisotopic (exact) mass is 465 g/mol. The number of aromatic nitrogens is 6. The van der Waals surface area contributed by atoms with Crippen LogP contribution >= 0.6 is 11.3 Å². The summed E-state index contributed by atoms with van der Waals surface area (Å²) in [5.74, 6) is 0.722. The van der Waals surface area contributed by atoms with Crippen molar-refractivity contribution in [2.45, 2.75) is 20.4 Å². The summed E-state index contributed by atoms with van der Waals surface area (Å²) in [7, 11) is 0. The fraction of sp³-hybridized carbons (Fsp3) is 0.154. The van der Waals surface area contributed by atoms with Crippen LogP contribution in [0.25, 0.3) is 55.0 Å². The summed E-state index contributed by atoms with van der Waals surface area (Å²) >= 11 is 1.74. The molecule has 0 saturated heterocycles. The molecule has 0 aliphatic rings. The van der Waals surface area contributed by atoms with Crippen LogP contribution in [-0.4, -0.2) is 36.7 Å². The van der Waals surface area contributed by atoms with Gasteiger partial charge < -0.3 is 10.3 Å². The van der Waals surface area contributed by atoms with Crippen molar-refractivity contribution >= 4 is 33.3 Å². The number of aromatic amines is 2. The van der Waals surface area contributed by atoms with Gasteiger partial charge in [0.05, 0.1) is 17.2 Å². The average molecular weight is 466 g/mol. The van der Waals surface area contributed by atoms with Crippen molar-refractivity contribution in [3.8, 4) is 33.1 Å². The van der Waals surface area contributed by atoms with Crippen molar-refractivity contribution in [2.75, 3.05) is 6.54 Å². The second kappa shape index (κ2) is 8.48. The van der Waals surface area contributed by atoms with E-state index in [1.54, 1.807) is 11.3 Å². The maximum atomic E-state index is 4.95. The van der Waals surface area contributed by atoms with Gasteiger partial charge in [-0.3, -0.25) is 15.1 Å². The lowest BCUT2D eigenvalue weighted by Gasteiger charge is -2.06. The van der Waals surface area contributed by atoms with E-state index in [-0.39, 0.29) is 0 Å². The lowest BCUT2D eigenvalue weighted by molar-refractivity contribution is 0.724. The molecule has 5 aromatic heterocycles. The fourth-order valence-corrected chi connectivity index (χ4v) is 5.07. The number of H-pyrrole nitrogens is 2. The third-order valence-electron chi connectivity index (χ3n) is 5.89. The SMILES string of the molecule is CCNCc1cncc(-c2ccc3[nH]nc(-c4nc5c(-c6ccc(C)s6)cncc5[nH]4)c3c2)c1. The predicted molar refractivity (Wildman–Crippen MR) is 138 cm³/mol. The standard InChI is InChI=1S/C26H23N7S/c1-3-27-10-16-8-18(12-28-11-16)17-5-6-21-19(9-17)25(33-32-21)26-30-22-14-29-13-20(24(22)31-26)23-7-4-15(2)34-23/h4-9,11-14,27H,3,10H2,1-2H3,(H,30,31)(H,32,33). The summed E-state index contributed by atoms with van der Waals surface area (Å²) < 4.78 is 0. The molecule has 1 aromatic carbocycles. The number of benzene rings is 1. The Morgan fingerprint density at radius 2 is 1.85 bits per heavy atom. The largest absolute Gasteiger partial charge is 0.335 e. The Hall–Kier alpha value is -3.88. The van der Waals surface area contributed by atoms with Crippen LogP contribution in [0.5, 0.6) is 0 Å². The lowest BCUT2D eigenvalue weighted by atomic mass is 10.0. The van der Waals surface area contributed by atoms with Crippen LogP contribution in [-0.2, 0) is 6.54 Å². The Bertz CT molecular complexity index is 1630. The van der Waals surface area contributed by atoms with Gasteiger partial charge in [0.25, 0.3) is 0 Å². The number of aryl methyl sites for hydroxylation is 1. The van der Waals surface area contributed by atoms with Gasteiger partial charge in [-0.2, -0.15) is 5.10 Å². The quantitative estimate of drug-likeness (QED) is 0.293. The molecule has 0 atom stereocenters. The molecule has 0 fully saturated rings. The second-order valence-corrected chi connectivity index (χ2v) is 9.56. The van der Waals surface area contributed by atoms with E-state index in [0.29, 0.717) is 0 Å². The van der Waals surface area contributed by atoms with Gasteiger partial charge in [0.15, 0.2) is 5.82 Å². The van der Waals surface area contributed by atoms with E-state index in [2.05, 4.69) is 80.7 Å². The van der Waals surface area contributed by atoms with Crippen molar-refractivity contribution in [2.24, 2.45) is 0 Å². The van der Waals surface area contributed by atoms with Crippen LogP contribution in [0, 0.1) is 6.92 Å². The summed E-state index contributed by atoms with van der Waals surface area (Å²) in [6.07, 6.45) is 7.51. The van der Waals surface area contributed by atoms with E-state index >= 15 is 0 Å². The maximum Gasteiger partial charge on any atom is 0.159 e. The molecule has 0 spiro atoms. The minimum absolute atomic E-state index is 0.722. The summed E-state index contributed by atoms with van der Waals surface area (Å²) in [5.41, 5.74) is 7.91. The molecule has 6 rings (SSSR count). The summed E-state index contributed by atoms with van der Waals surface area (Å²) in [5, 5.41) is 12.1. The second-order valence-electron chi connectivity index (χ2n) is 8.27. The zero-order valence-corrected chi connectivity index (χ0v) is 19.7. The van der Waals surface area contributed by atoms with E-state index in [9.17, 15) is 0 Å². The Kier molecular flexibility index (Phi) is 5.16. The number of pyridine rings is 2. The number of fused-ring (bicyclic) bond motifs is 2. The van der Waals surface area contributed by atoms with E-state index < -0.39 is 0 Å². The van der Waals surface area contributed by atoms with Crippen molar-refractivity contribution in [1.29, 1.82) is 0 Å². The summed E-state index contributed by atoms with van der Waals surface area (Å²) in [6.45, 7) is 5.94. The first-order valence-corrected chi connectivity index (χ1v) is 12.1. The molecular weight excluding hydrogens is 442 g/mol. The molecule has 5 heterocycles. The van der Waals surface area contributed by atoms with Crippen LogP contribution in [0.2, 0.25) is 0 Å². The van der Waals surface area contributed by atoms with E-state index in [1.807, 2.05) is 24.8 Å². The number of hydrogen-bond donors (Lipinski definition) is 3.